The molecular weight excluding hydrogens is 418 g/mol. The molecule has 0 saturated heterocycles. The predicted molar refractivity (Wildman–Crippen MR) is 125 cm³/mol. The first-order valence-electron chi connectivity index (χ1n) is 11.7. The van der Waals surface area contributed by atoms with E-state index >= 15 is 0 Å². The van der Waals surface area contributed by atoms with Crippen LogP contribution in [0, 0.1) is 0 Å². The zero-order valence-corrected chi connectivity index (χ0v) is 18.7. The summed E-state index contributed by atoms with van der Waals surface area (Å²) in [6.45, 7) is 2.39. The maximum Gasteiger partial charge on any atom is 0.275 e. The lowest BCUT2D eigenvalue weighted by Crippen LogP contribution is -2.65. The third-order valence-corrected chi connectivity index (χ3v) is 7.24. The van der Waals surface area contributed by atoms with E-state index in [0.717, 1.165) is 36.6 Å². The monoisotopic (exact) mass is 445 g/mol. The largest absolute Gasteiger partial charge is 0.454 e. The van der Waals surface area contributed by atoms with Gasteiger partial charge in [-0.15, -0.1) is 0 Å². The number of hydrogen-bond donors (Lipinski definition) is 1. The number of hydrogen-bond acceptors (Lipinski definition) is 4. The van der Waals surface area contributed by atoms with Crippen molar-refractivity contribution < 1.29 is 19.1 Å². The van der Waals surface area contributed by atoms with E-state index in [2.05, 4.69) is 5.32 Å². The van der Waals surface area contributed by atoms with E-state index in [-0.39, 0.29) is 24.6 Å². The van der Waals surface area contributed by atoms with Gasteiger partial charge in [0.05, 0.1) is 6.54 Å². The molecule has 2 aromatic carbocycles. The standard InChI is InChI=1S/C26H27N3O4/c1-26(25(31)27-18-8-3-2-4-9-18)15-28-20-10-6-5-7-17(20)13-21(28)24(30)29(26)19-11-12-22-23(14-19)33-16-32-22/h5-7,10-14,18H,2-4,8-9,15-16H2,1H3,(H,27,31)/t26-/m1/s1. The van der Waals surface area contributed by atoms with Gasteiger partial charge < -0.3 is 19.4 Å². The van der Waals surface area contributed by atoms with Crippen LogP contribution in [-0.2, 0) is 11.3 Å². The number of para-hydroxylation sites is 1. The molecule has 0 bridgehead atoms. The quantitative estimate of drug-likeness (QED) is 0.655. The van der Waals surface area contributed by atoms with Crippen LogP contribution in [0.1, 0.15) is 49.5 Å². The van der Waals surface area contributed by atoms with Gasteiger partial charge in [-0.25, -0.2) is 0 Å². The molecule has 0 spiro atoms. The van der Waals surface area contributed by atoms with Gasteiger partial charge in [0, 0.05) is 28.7 Å². The highest BCUT2D eigenvalue weighted by Crippen LogP contribution is 2.41. The van der Waals surface area contributed by atoms with Crippen molar-refractivity contribution in [3.8, 4) is 11.5 Å². The van der Waals surface area contributed by atoms with E-state index in [0.29, 0.717) is 29.4 Å². The minimum atomic E-state index is -1.10. The van der Waals surface area contributed by atoms with Crippen LogP contribution in [0.5, 0.6) is 11.5 Å². The second-order valence-electron chi connectivity index (χ2n) is 9.43. The molecule has 3 aromatic rings. The number of fused-ring (bicyclic) bond motifs is 4. The van der Waals surface area contributed by atoms with Gasteiger partial charge in [0.25, 0.3) is 5.91 Å². The molecule has 7 nitrogen and oxygen atoms in total. The second-order valence-corrected chi connectivity index (χ2v) is 9.43. The van der Waals surface area contributed by atoms with Crippen LogP contribution in [0.15, 0.2) is 48.5 Å². The first kappa shape index (κ1) is 20.1. The number of ether oxygens (including phenoxy) is 2. The Kier molecular flexibility index (Phi) is 4.60. The van der Waals surface area contributed by atoms with Crippen molar-refractivity contribution in [3.05, 3.63) is 54.2 Å². The summed E-state index contributed by atoms with van der Waals surface area (Å²) in [5, 5.41) is 4.26. The molecule has 1 N–H and O–H groups in total. The molecule has 1 atom stereocenters. The van der Waals surface area contributed by atoms with Crippen molar-refractivity contribution in [2.45, 2.75) is 57.2 Å². The average molecular weight is 446 g/mol. The minimum Gasteiger partial charge on any atom is -0.454 e. The van der Waals surface area contributed by atoms with Crippen LogP contribution in [0.2, 0.25) is 0 Å². The fourth-order valence-corrected chi connectivity index (χ4v) is 5.46. The number of aromatic nitrogens is 1. The molecule has 33 heavy (non-hydrogen) atoms. The zero-order valence-electron chi connectivity index (χ0n) is 18.7. The fraction of sp³-hybridized carbons (Fsp3) is 0.385. The molecule has 2 aliphatic heterocycles. The summed E-state index contributed by atoms with van der Waals surface area (Å²) in [5.74, 6) is 0.911. The Hall–Kier alpha value is -3.48. The van der Waals surface area contributed by atoms with E-state index in [4.69, 9.17) is 9.47 Å². The Labute approximate surface area is 192 Å². The smallest absolute Gasteiger partial charge is 0.275 e. The third-order valence-electron chi connectivity index (χ3n) is 7.24. The highest BCUT2D eigenvalue weighted by Gasteiger charge is 2.49. The van der Waals surface area contributed by atoms with E-state index in [9.17, 15) is 9.59 Å². The lowest BCUT2D eigenvalue weighted by atomic mass is 9.91. The second kappa shape index (κ2) is 7.54. The van der Waals surface area contributed by atoms with Gasteiger partial charge in [-0.2, -0.15) is 0 Å². The molecule has 6 rings (SSSR count). The number of nitrogens with zero attached hydrogens (tertiary/aromatic N) is 2. The maximum atomic E-state index is 14.0. The SMILES string of the molecule is C[C@]1(C(=O)NC2CCCCC2)Cn2c(cc3ccccc32)C(=O)N1c1ccc2c(c1)OCO2. The Morgan fingerprint density at radius 3 is 2.67 bits per heavy atom. The summed E-state index contributed by atoms with van der Waals surface area (Å²) in [6, 6.07) is 15.4. The topological polar surface area (TPSA) is 72.8 Å². The first-order chi connectivity index (χ1) is 16.0. The Morgan fingerprint density at radius 1 is 1.03 bits per heavy atom. The van der Waals surface area contributed by atoms with Crippen molar-refractivity contribution in [1.82, 2.24) is 9.88 Å². The van der Waals surface area contributed by atoms with Crippen molar-refractivity contribution in [1.29, 1.82) is 0 Å². The summed E-state index contributed by atoms with van der Waals surface area (Å²) in [5.41, 5.74) is 1.07. The molecular formula is C26H27N3O4. The highest BCUT2D eigenvalue weighted by atomic mass is 16.7. The van der Waals surface area contributed by atoms with Gasteiger partial charge in [-0.05, 0) is 44.0 Å². The first-order valence-corrected chi connectivity index (χ1v) is 11.7. The summed E-state index contributed by atoms with van der Waals surface area (Å²) < 4.78 is 13.0. The third kappa shape index (κ3) is 3.17. The molecule has 1 aromatic heterocycles. The molecule has 0 unspecified atom stereocenters. The van der Waals surface area contributed by atoms with Crippen molar-refractivity contribution in [2.75, 3.05) is 11.7 Å². The van der Waals surface area contributed by atoms with Crippen molar-refractivity contribution >= 4 is 28.4 Å². The van der Waals surface area contributed by atoms with E-state index in [1.165, 1.54) is 6.42 Å². The van der Waals surface area contributed by atoms with Gasteiger partial charge in [0.1, 0.15) is 11.2 Å². The van der Waals surface area contributed by atoms with Crippen molar-refractivity contribution in [3.63, 3.8) is 0 Å². The summed E-state index contributed by atoms with van der Waals surface area (Å²) in [4.78, 5) is 29.4. The molecule has 7 heteroatoms. The molecule has 1 fully saturated rings. The minimum absolute atomic E-state index is 0.121. The molecule has 1 saturated carbocycles. The normalized spacial score (nSPS) is 22.5. The lowest BCUT2D eigenvalue weighted by Gasteiger charge is -2.44. The number of anilines is 1. The average Bonchev–Trinajstić information content (AvgIpc) is 3.44. The number of carbonyl (C=O) groups is 2. The predicted octanol–water partition coefficient (Wildman–Crippen LogP) is 4.24. The van der Waals surface area contributed by atoms with Crippen molar-refractivity contribution in [2.24, 2.45) is 0 Å². The summed E-state index contributed by atoms with van der Waals surface area (Å²) in [6.07, 6.45) is 5.43. The summed E-state index contributed by atoms with van der Waals surface area (Å²) in [7, 11) is 0. The van der Waals surface area contributed by atoms with Crippen LogP contribution < -0.4 is 19.7 Å². The number of benzene rings is 2. The molecule has 1 aliphatic carbocycles. The highest BCUT2D eigenvalue weighted by molar-refractivity contribution is 6.14. The molecule has 3 aliphatic rings. The Bertz CT molecular complexity index is 1260. The maximum absolute atomic E-state index is 14.0. The lowest BCUT2D eigenvalue weighted by molar-refractivity contribution is -0.127. The molecule has 170 valence electrons. The van der Waals surface area contributed by atoms with E-state index < -0.39 is 5.54 Å². The zero-order chi connectivity index (χ0) is 22.6. The van der Waals surface area contributed by atoms with Gasteiger partial charge >= 0.3 is 0 Å². The van der Waals surface area contributed by atoms with Crippen LogP contribution in [-0.4, -0.2) is 34.8 Å². The van der Waals surface area contributed by atoms with Crippen LogP contribution in [0.25, 0.3) is 10.9 Å². The van der Waals surface area contributed by atoms with Gasteiger partial charge in [0.15, 0.2) is 11.5 Å². The summed E-state index contributed by atoms with van der Waals surface area (Å²) >= 11 is 0. The molecule has 2 amide bonds. The number of carbonyl (C=O) groups excluding carboxylic acids is 2. The van der Waals surface area contributed by atoms with Crippen LogP contribution in [0.3, 0.4) is 0 Å². The van der Waals surface area contributed by atoms with Gasteiger partial charge in [-0.1, -0.05) is 37.5 Å². The van der Waals surface area contributed by atoms with Gasteiger partial charge in [0.2, 0.25) is 12.7 Å². The number of amides is 2. The van der Waals surface area contributed by atoms with E-state index in [1.807, 2.05) is 47.9 Å². The fourth-order valence-electron chi connectivity index (χ4n) is 5.46. The van der Waals surface area contributed by atoms with E-state index in [1.54, 1.807) is 17.0 Å². The van der Waals surface area contributed by atoms with Crippen LogP contribution >= 0.6 is 0 Å². The number of rotatable bonds is 3. The van der Waals surface area contributed by atoms with Gasteiger partial charge in [-0.3, -0.25) is 14.5 Å². The Morgan fingerprint density at radius 2 is 1.82 bits per heavy atom. The number of nitrogens with one attached hydrogen (secondary N) is 1. The molecule has 3 heterocycles. The van der Waals surface area contributed by atoms with Crippen LogP contribution in [0.4, 0.5) is 5.69 Å². The molecule has 0 radical (unpaired) electrons. The Balaban J connectivity index is 1.46.